The fourth-order valence-electron chi connectivity index (χ4n) is 1.67. The van der Waals surface area contributed by atoms with E-state index in [1.54, 1.807) is 24.3 Å². The number of hydrazone groups is 1. The second kappa shape index (κ2) is 8.05. The van der Waals surface area contributed by atoms with Gasteiger partial charge in [-0.25, -0.2) is 5.43 Å². The molecule has 0 aromatic heterocycles. The third kappa shape index (κ3) is 4.92. The Labute approximate surface area is 137 Å². The van der Waals surface area contributed by atoms with E-state index in [0.717, 1.165) is 0 Å². The molecule has 2 rings (SSSR count). The molecule has 0 saturated carbocycles. The molecular formula is C16H12N4O4. The molecule has 2 aromatic rings. The Hall–Kier alpha value is -3.73. The highest BCUT2D eigenvalue weighted by Crippen LogP contribution is 2.11. The average molecular weight is 324 g/mol. The fourth-order valence-corrected chi connectivity index (χ4v) is 1.67. The lowest BCUT2D eigenvalue weighted by molar-refractivity contribution is -0.384. The fraction of sp³-hybridized carbons (Fsp3) is 0.0625. The van der Waals surface area contributed by atoms with E-state index in [4.69, 9.17) is 10.00 Å². The zero-order chi connectivity index (χ0) is 17.4. The van der Waals surface area contributed by atoms with Crippen molar-refractivity contribution < 1.29 is 14.5 Å². The minimum atomic E-state index is -0.497. The molecule has 1 amide bonds. The van der Waals surface area contributed by atoms with Crippen molar-refractivity contribution in [3.63, 3.8) is 0 Å². The SMILES string of the molecule is N#Cc1ccc(OCC(=O)N/N=C\c2ccc([N+](=O)[O-])cc2)cc1. The van der Waals surface area contributed by atoms with E-state index < -0.39 is 10.8 Å². The van der Waals surface area contributed by atoms with E-state index in [1.807, 2.05) is 6.07 Å². The van der Waals surface area contributed by atoms with Gasteiger partial charge in [-0.3, -0.25) is 14.9 Å². The van der Waals surface area contributed by atoms with Crippen molar-refractivity contribution in [1.82, 2.24) is 5.43 Å². The van der Waals surface area contributed by atoms with Gasteiger partial charge in [0, 0.05) is 12.1 Å². The number of carbonyl (C=O) groups is 1. The molecule has 0 aliphatic heterocycles. The van der Waals surface area contributed by atoms with Crippen LogP contribution in [0.2, 0.25) is 0 Å². The number of rotatable bonds is 6. The number of ether oxygens (including phenoxy) is 1. The molecule has 0 aliphatic rings. The smallest absolute Gasteiger partial charge is 0.277 e. The van der Waals surface area contributed by atoms with Gasteiger partial charge in [0.15, 0.2) is 6.61 Å². The molecule has 8 nitrogen and oxygen atoms in total. The predicted molar refractivity (Wildman–Crippen MR) is 85.5 cm³/mol. The van der Waals surface area contributed by atoms with Gasteiger partial charge in [-0.1, -0.05) is 0 Å². The standard InChI is InChI=1S/C16H12N4O4/c17-9-12-3-7-15(8-4-12)24-11-16(21)19-18-10-13-1-5-14(6-2-13)20(22)23/h1-8,10H,11H2,(H,19,21)/b18-10-. The van der Waals surface area contributed by atoms with Gasteiger partial charge in [0.1, 0.15) is 5.75 Å². The second-order valence-electron chi connectivity index (χ2n) is 4.57. The summed E-state index contributed by atoms with van der Waals surface area (Å²) in [6.07, 6.45) is 1.36. The third-order valence-corrected chi connectivity index (χ3v) is 2.86. The van der Waals surface area contributed by atoms with Gasteiger partial charge in [0.25, 0.3) is 11.6 Å². The Morgan fingerprint density at radius 3 is 2.50 bits per heavy atom. The average Bonchev–Trinajstić information content (AvgIpc) is 2.61. The molecule has 2 aromatic carbocycles. The normalized spacial score (nSPS) is 10.1. The topological polar surface area (TPSA) is 118 Å². The molecule has 0 bridgehead atoms. The van der Waals surface area contributed by atoms with Crippen molar-refractivity contribution in [2.24, 2.45) is 5.10 Å². The van der Waals surface area contributed by atoms with Crippen molar-refractivity contribution in [2.75, 3.05) is 6.61 Å². The Kier molecular flexibility index (Phi) is 5.58. The molecule has 0 spiro atoms. The molecule has 0 atom stereocenters. The van der Waals surface area contributed by atoms with Crippen LogP contribution in [0.25, 0.3) is 0 Å². The first-order valence-corrected chi connectivity index (χ1v) is 6.78. The number of non-ortho nitro benzene ring substituents is 1. The van der Waals surface area contributed by atoms with Crippen LogP contribution in [0.1, 0.15) is 11.1 Å². The van der Waals surface area contributed by atoms with Crippen molar-refractivity contribution in [1.29, 1.82) is 5.26 Å². The molecule has 1 N–H and O–H groups in total. The lowest BCUT2D eigenvalue weighted by Crippen LogP contribution is -2.24. The Morgan fingerprint density at radius 1 is 1.25 bits per heavy atom. The summed E-state index contributed by atoms with van der Waals surface area (Å²) >= 11 is 0. The summed E-state index contributed by atoms with van der Waals surface area (Å²) in [4.78, 5) is 21.6. The highest BCUT2D eigenvalue weighted by Gasteiger charge is 2.03. The van der Waals surface area contributed by atoms with Crippen molar-refractivity contribution >= 4 is 17.8 Å². The zero-order valence-corrected chi connectivity index (χ0v) is 12.4. The largest absolute Gasteiger partial charge is 0.484 e. The number of hydrogen-bond acceptors (Lipinski definition) is 6. The summed E-state index contributed by atoms with van der Waals surface area (Å²) in [5, 5.41) is 22.9. The molecule has 24 heavy (non-hydrogen) atoms. The number of nitrogens with zero attached hydrogens (tertiary/aromatic N) is 3. The van der Waals surface area contributed by atoms with Gasteiger partial charge in [0.05, 0.1) is 22.8 Å². The van der Waals surface area contributed by atoms with Crippen LogP contribution in [-0.4, -0.2) is 23.7 Å². The van der Waals surface area contributed by atoms with Gasteiger partial charge >= 0.3 is 0 Å². The minimum Gasteiger partial charge on any atom is -0.484 e. The number of nitro benzene ring substituents is 1. The molecule has 0 saturated heterocycles. The molecule has 0 radical (unpaired) electrons. The van der Waals surface area contributed by atoms with Gasteiger partial charge in [0.2, 0.25) is 0 Å². The van der Waals surface area contributed by atoms with Crippen LogP contribution >= 0.6 is 0 Å². The van der Waals surface area contributed by atoms with E-state index in [0.29, 0.717) is 16.9 Å². The molecule has 0 heterocycles. The maximum absolute atomic E-state index is 11.6. The van der Waals surface area contributed by atoms with Crippen LogP contribution in [-0.2, 0) is 4.79 Å². The maximum Gasteiger partial charge on any atom is 0.277 e. The van der Waals surface area contributed by atoms with Crippen molar-refractivity contribution in [3.05, 3.63) is 69.8 Å². The van der Waals surface area contributed by atoms with Crippen LogP contribution in [0.4, 0.5) is 5.69 Å². The molecule has 0 aliphatic carbocycles. The van der Waals surface area contributed by atoms with Crippen LogP contribution in [0.15, 0.2) is 53.6 Å². The number of nitrogens with one attached hydrogen (secondary N) is 1. The Morgan fingerprint density at radius 2 is 1.92 bits per heavy atom. The lowest BCUT2D eigenvalue weighted by Gasteiger charge is -2.04. The van der Waals surface area contributed by atoms with Crippen molar-refractivity contribution in [2.45, 2.75) is 0 Å². The highest BCUT2D eigenvalue weighted by atomic mass is 16.6. The highest BCUT2D eigenvalue weighted by molar-refractivity contribution is 5.83. The summed E-state index contributed by atoms with van der Waals surface area (Å²) in [7, 11) is 0. The predicted octanol–water partition coefficient (Wildman–Crippen LogP) is 2.00. The van der Waals surface area contributed by atoms with Gasteiger partial charge < -0.3 is 4.74 Å². The van der Waals surface area contributed by atoms with Gasteiger partial charge in [-0.15, -0.1) is 0 Å². The van der Waals surface area contributed by atoms with Crippen LogP contribution in [0.3, 0.4) is 0 Å². The quantitative estimate of drug-likeness (QED) is 0.495. The lowest BCUT2D eigenvalue weighted by atomic mass is 10.2. The summed E-state index contributed by atoms with van der Waals surface area (Å²) < 4.78 is 5.24. The number of amides is 1. The summed E-state index contributed by atoms with van der Waals surface area (Å²) in [5.41, 5.74) is 3.36. The number of carbonyl (C=O) groups excluding carboxylic acids is 1. The van der Waals surface area contributed by atoms with Crippen molar-refractivity contribution in [3.8, 4) is 11.8 Å². The maximum atomic E-state index is 11.6. The molecule has 120 valence electrons. The monoisotopic (exact) mass is 324 g/mol. The number of nitro groups is 1. The summed E-state index contributed by atoms with van der Waals surface area (Å²) in [6.45, 7) is -0.233. The summed E-state index contributed by atoms with van der Waals surface area (Å²) in [6, 6.07) is 14.0. The number of hydrogen-bond donors (Lipinski definition) is 1. The molecule has 0 unspecified atom stereocenters. The Bertz CT molecular complexity index is 792. The number of nitriles is 1. The van der Waals surface area contributed by atoms with Crippen LogP contribution < -0.4 is 10.2 Å². The van der Waals surface area contributed by atoms with Gasteiger partial charge in [-0.2, -0.15) is 10.4 Å². The van der Waals surface area contributed by atoms with Gasteiger partial charge in [-0.05, 0) is 42.0 Å². The van der Waals surface area contributed by atoms with E-state index >= 15 is 0 Å². The van der Waals surface area contributed by atoms with E-state index in [-0.39, 0.29) is 12.3 Å². The molecular weight excluding hydrogens is 312 g/mol. The first-order chi connectivity index (χ1) is 11.6. The second-order valence-corrected chi connectivity index (χ2v) is 4.57. The van der Waals surface area contributed by atoms with Crippen LogP contribution in [0, 0.1) is 21.4 Å². The van der Waals surface area contributed by atoms with E-state index in [9.17, 15) is 14.9 Å². The minimum absolute atomic E-state index is 0.0213. The first kappa shape index (κ1) is 16.6. The Balaban J connectivity index is 1.79. The molecule has 0 fully saturated rings. The third-order valence-electron chi connectivity index (χ3n) is 2.86. The van der Waals surface area contributed by atoms with Crippen LogP contribution in [0.5, 0.6) is 5.75 Å². The first-order valence-electron chi connectivity index (χ1n) is 6.78. The molecule has 8 heteroatoms. The van der Waals surface area contributed by atoms with E-state index in [1.165, 1.54) is 30.5 Å². The van der Waals surface area contributed by atoms with E-state index in [2.05, 4.69) is 10.5 Å². The zero-order valence-electron chi connectivity index (χ0n) is 12.4. The summed E-state index contributed by atoms with van der Waals surface area (Å²) in [5.74, 6) is 0.000944. The number of benzene rings is 2.